The molecule has 2 amide bonds. The van der Waals surface area contributed by atoms with Gasteiger partial charge in [0, 0.05) is 19.2 Å². The van der Waals surface area contributed by atoms with Crippen LogP contribution in [0.3, 0.4) is 0 Å². The molecule has 2 heterocycles. The first kappa shape index (κ1) is 14.0. The molecule has 1 aliphatic rings. The Kier molecular flexibility index (Phi) is 4.17. The number of rotatable bonds is 4. The van der Waals surface area contributed by atoms with Crippen LogP contribution in [0.4, 0.5) is 0 Å². The van der Waals surface area contributed by atoms with Crippen LogP contribution in [-0.4, -0.2) is 44.7 Å². The molecule has 0 radical (unpaired) electrons. The van der Waals surface area contributed by atoms with E-state index in [0.717, 1.165) is 12.1 Å². The van der Waals surface area contributed by atoms with E-state index in [2.05, 4.69) is 14.4 Å². The lowest BCUT2D eigenvalue weighted by atomic mass is 10.1. The summed E-state index contributed by atoms with van der Waals surface area (Å²) in [5.41, 5.74) is 11.9. The summed E-state index contributed by atoms with van der Waals surface area (Å²) in [6, 6.07) is -1.21. The highest BCUT2D eigenvalue weighted by Gasteiger charge is 2.34. The number of likely N-dealkylation sites (tertiary alicyclic amines) is 1. The highest BCUT2D eigenvalue weighted by molar-refractivity contribution is 7.14. The molecular formula is C11H18N5O2P. The first-order valence-electron chi connectivity index (χ1n) is 6.12. The van der Waals surface area contributed by atoms with Gasteiger partial charge in [0.2, 0.25) is 11.8 Å². The summed E-state index contributed by atoms with van der Waals surface area (Å²) in [5.74, 6) is -0.702. The zero-order chi connectivity index (χ0) is 14.0. The largest absolute Gasteiger partial charge is 0.368 e. The number of amides is 2. The third-order valence-electron chi connectivity index (χ3n) is 3.27. The topological polar surface area (TPSA) is 107 Å². The van der Waals surface area contributed by atoms with Crippen LogP contribution in [0.15, 0.2) is 12.5 Å². The normalized spacial score (nSPS) is 20.5. The van der Waals surface area contributed by atoms with Crippen molar-refractivity contribution in [1.29, 1.82) is 0 Å². The van der Waals surface area contributed by atoms with Crippen molar-refractivity contribution in [3.05, 3.63) is 18.2 Å². The molecule has 1 fully saturated rings. The Morgan fingerprint density at radius 2 is 2.32 bits per heavy atom. The molecule has 1 aliphatic heterocycles. The molecule has 0 spiro atoms. The lowest BCUT2D eigenvalue weighted by Gasteiger charge is -2.25. The van der Waals surface area contributed by atoms with E-state index >= 15 is 0 Å². The van der Waals surface area contributed by atoms with Crippen LogP contribution < -0.4 is 11.5 Å². The van der Waals surface area contributed by atoms with Gasteiger partial charge in [0.1, 0.15) is 6.04 Å². The summed E-state index contributed by atoms with van der Waals surface area (Å²) in [6.07, 6.45) is 5.16. The minimum atomic E-state index is -0.695. The van der Waals surface area contributed by atoms with Crippen molar-refractivity contribution < 1.29 is 9.59 Å². The second kappa shape index (κ2) is 5.67. The first-order chi connectivity index (χ1) is 8.99. The Balaban J connectivity index is 2.00. The number of primary amides is 1. The molecule has 8 heteroatoms. The Morgan fingerprint density at radius 1 is 1.58 bits per heavy atom. The van der Waals surface area contributed by atoms with Gasteiger partial charge in [-0.05, 0) is 22.2 Å². The van der Waals surface area contributed by atoms with Crippen LogP contribution in [-0.2, 0) is 16.0 Å². The van der Waals surface area contributed by atoms with E-state index in [4.69, 9.17) is 11.5 Å². The van der Waals surface area contributed by atoms with Crippen LogP contribution in [0.1, 0.15) is 18.5 Å². The van der Waals surface area contributed by atoms with Gasteiger partial charge in [0.25, 0.3) is 0 Å². The summed E-state index contributed by atoms with van der Waals surface area (Å²) < 4.78 is 1.72. The van der Waals surface area contributed by atoms with Gasteiger partial charge >= 0.3 is 0 Å². The van der Waals surface area contributed by atoms with Crippen molar-refractivity contribution in [2.45, 2.75) is 31.3 Å². The Hall–Kier alpha value is -1.46. The van der Waals surface area contributed by atoms with Crippen molar-refractivity contribution in [3.63, 3.8) is 0 Å². The molecule has 104 valence electrons. The predicted octanol–water partition coefficient (Wildman–Crippen LogP) is -1.13. The summed E-state index contributed by atoms with van der Waals surface area (Å²) in [6.45, 7) is 0.540. The molecule has 0 bridgehead atoms. The molecule has 3 unspecified atom stereocenters. The maximum Gasteiger partial charge on any atom is 0.240 e. The predicted molar refractivity (Wildman–Crippen MR) is 72.9 cm³/mol. The van der Waals surface area contributed by atoms with Crippen molar-refractivity contribution in [2.24, 2.45) is 11.5 Å². The van der Waals surface area contributed by atoms with E-state index in [9.17, 15) is 9.59 Å². The first-order valence-corrected chi connectivity index (χ1v) is 6.64. The van der Waals surface area contributed by atoms with Gasteiger partial charge in [0.05, 0.1) is 18.1 Å². The second-order valence-electron chi connectivity index (χ2n) is 4.71. The van der Waals surface area contributed by atoms with E-state index in [1.807, 2.05) is 0 Å². The molecule has 0 saturated carbocycles. The molecule has 1 saturated heterocycles. The van der Waals surface area contributed by atoms with Crippen LogP contribution in [0.5, 0.6) is 0 Å². The minimum Gasteiger partial charge on any atom is -0.368 e. The maximum absolute atomic E-state index is 12.2. The number of hydrogen-bond acceptors (Lipinski definition) is 4. The fraction of sp³-hybridized carbons (Fsp3) is 0.545. The van der Waals surface area contributed by atoms with Crippen molar-refractivity contribution in [3.8, 4) is 0 Å². The maximum atomic E-state index is 12.2. The zero-order valence-electron chi connectivity index (χ0n) is 10.5. The Labute approximate surface area is 113 Å². The highest BCUT2D eigenvalue weighted by atomic mass is 31.0. The number of nitrogens with two attached hydrogens (primary N) is 2. The second-order valence-corrected chi connectivity index (χ2v) is 5.31. The van der Waals surface area contributed by atoms with Gasteiger partial charge in [-0.3, -0.25) is 9.59 Å². The monoisotopic (exact) mass is 283 g/mol. The van der Waals surface area contributed by atoms with Crippen molar-refractivity contribution in [1.82, 2.24) is 14.2 Å². The molecule has 1 aromatic heterocycles. The fourth-order valence-corrected chi connectivity index (χ4v) is 2.58. The SMILES string of the molecule is NC(=O)C1CCCN1C(=O)C(N)Cc1cn(P)cn1. The number of carbonyl (C=O) groups is 2. The molecule has 1 aromatic rings. The summed E-state index contributed by atoms with van der Waals surface area (Å²) in [5, 5.41) is 0. The van der Waals surface area contributed by atoms with Crippen LogP contribution in [0, 0.1) is 0 Å². The van der Waals surface area contributed by atoms with Gasteiger partial charge < -0.3 is 20.7 Å². The quantitative estimate of drug-likeness (QED) is 0.681. The number of hydrogen-bond donors (Lipinski definition) is 2. The smallest absolute Gasteiger partial charge is 0.240 e. The lowest BCUT2D eigenvalue weighted by molar-refractivity contribution is -0.138. The van der Waals surface area contributed by atoms with Gasteiger partial charge in [-0.1, -0.05) is 0 Å². The molecule has 19 heavy (non-hydrogen) atoms. The molecule has 7 nitrogen and oxygen atoms in total. The standard InChI is InChI=1S/C11H18N5O2P/c12-8(4-7-5-15(19)6-14-7)11(18)16-3-1-2-9(16)10(13)17/h5-6,8-9H,1-4,12,19H2,(H2,13,17). The third kappa shape index (κ3) is 3.11. The average molecular weight is 283 g/mol. The van der Waals surface area contributed by atoms with Crippen LogP contribution in [0.2, 0.25) is 0 Å². The lowest BCUT2D eigenvalue weighted by Crippen LogP contribution is -2.50. The fourth-order valence-electron chi connectivity index (χ4n) is 2.34. The average Bonchev–Trinajstić information content (AvgIpc) is 2.97. The van der Waals surface area contributed by atoms with Gasteiger partial charge in [-0.25, -0.2) is 4.98 Å². The van der Waals surface area contributed by atoms with Crippen molar-refractivity contribution in [2.75, 3.05) is 6.54 Å². The van der Waals surface area contributed by atoms with Gasteiger partial charge in [-0.15, -0.1) is 0 Å². The van der Waals surface area contributed by atoms with E-state index in [0.29, 0.717) is 19.4 Å². The highest BCUT2D eigenvalue weighted by Crippen LogP contribution is 2.18. The van der Waals surface area contributed by atoms with E-state index in [1.54, 1.807) is 16.9 Å². The molecule has 2 rings (SSSR count). The molecular weight excluding hydrogens is 265 g/mol. The number of imidazole rings is 1. The van der Waals surface area contributed by atoms with E-state index in [-0.39, 0.29) is 5.91 Å². The number of carbonyl (C=O) groups excluding carboxylic acids is 2. The Bertz CT molecular complexity index is 489. The van der Waals surface area contributed by atoms with Crippen molar-refractivity contribution >= 4 is 21.2 Å². The summed E-state index contributed by atoms with van der Waals surface area (Å²) in [4.78, 5) is 29.1. The molecule has 0 aromatic carbocycles. The van der Waals surface area contributed by atoms with Crippen LogP contribution in [0.25, 0.3) is 0 Å². The Morgan fingerprint density at radius 3 is 2.89 bits per heavy atom. The van der Waals surface area contributed by atoms with E-state index in [1.165, 1.54) is 4.90 Å². The zero-order valence-corrected chi connectivity index (χ0v) is 11.7. The van der Waals surface area contributed by atoms with Gasteiger partial charge in [-0.2, -0.15) is 0 Å². The van der Waals surface area contributed by atoms with E-state index < -0.39 is 18.0 Å². The van der Waals surface area contributed by atoms with Gasteiger partial charge in [0.15, 0.2) is 0 Å². The number of nitrogens with zero attached hydrogens (tertiary/aromatic N) is 3. The van der Waals surface area contributed by atoms with Crippen LogP contribution >= 0.6 is 9.39 Å². The third-order valence-corrected chi connectivity index (χ3v) is 3.55. The summed E-state index contributed by atoms with van der Waals surface area (Å²) in [7, 11) is 2.46. The summed E-state index contributed by atoms with van der Waals surface area (Å²) >= 11 is 0. The molecule has 0 aliphatic carbocycles. The molecule has 3 atom stereocenters. The number of aromatic nitrogens is 2. The molecule has 4 N–H and O–H groups in total. The minimum absolute atomic E-state index is 0.236.